The molecule has 2 fully saturated rings. The molecule has 0 aliphatic heterocycles. The Balaban J connectivity index is 2.03. The third kappa shape index (κ3) is 1.88. The number of nitrogens with zero attached hydrogens (tertiary/aromatic N) is 1. The highest BCUT2D eigenvalue weighted by Gasteiger charge is 2.62. The van der Waals surface area contributed by atoms with Gasteiger partial charge in [-0.3, -0.25) is 9.69 Å². The molecule has 3 nitrogen and oxygen atoms in total. The lowest BCUT2D eigenvalue weighted by Crippen LogP contribution is -2.39. The van der Waals surface area contributed by atoms with Crippen LogP contribution in [-0.2, 0) is 9.53 Å². The van der Waals surface area contributed by atoms with Crippen LogP contribution in [0.15, 0.2) is 0 Å². The number of fused-ring (bicyclic) bond motifs is 2. The molecule has 2 saturated carbocycles. The average Bonchev–Trinajstić information content (AvgIpc) is 2.49. The van der Waals surface area contributed by atoms with E-state index in [2.05, 4.69) is 20.8 Å². The van der Waals surface area contributed by atoms with Gasteiger partial charge >= 0.3 is 5.97 Å². The van der Waals surface area contributed by atoms with E-state index in [1.807, 2.05) is 19.0 Å². The molecule has 0 saturated heterocycles. The average molecular weight is 239 g/mol. The Hall–Kier alpha value is -0.570. The highest BCUT2D eigenvalue weighted by molar-refractivity contribution is 5.72. The molecular formula is C14H25NO2. The van der Waals surface area contributed by atoms with E-state index in [-0.39, 0.29) is 17.5 Å². The molecule has 0 amide bonds. The van der Waals surface area contributed by atoms with E-state index in [4.69, 9.17) is 4.74 Å². The lowest BCUT2D eigenvalue weighted by molar-refractivity contribution is -0.157. The first-order valence-electron chi connectivity index (χ1n) is 6.61. The molecule has 2 rings (SSSR count). The van der Waals surface area contributed by atoms with Crippen LogP contribution in [0.1, 0.15) is 40.0 Å². The zero-order valence-electron chi connectivity index (χ0n) is 11.7. The molecule has 0 heterocycles. The van der Waals surface area contributed by atoms with Gasteiger partial charge in [-0.15, -0.1) is 0 Å². The minimum absolute atomic E-state index is 0.0791. The number of hydrogen-bond donors (Lipinski definition) is 0. The normalized spacial score (nSPS) is 38.7. The first-order chi connectivity index (χ1) is 7.77. The third-order valence-electron chi connectivity index (χ3n) is 5.43. The fourth-order valence-corrected chi connectivity index (χ4v) is 3.76. The summed E-state index contributed by atoms with van der Waals surface area (Å²) in [5.41, 5.74) is 0.496. The predicted molar refractivity (Wildman–Crippen MR) is 67.7 cm³/mol. The molecule has 0 radical (unpaired) electrons. The van der Waals surface area contributed by atoms with Gasteiger partial charge < -0.3 is 4.74 Å². The minimum Gasteiger partial charge on any atom is -0.461 e. The van der Waals surface area contributed by atoms with Gasteiger partial charge in [0.25, 0.3) is 0 Å². The highest BCUT2D eigenvalue weighted by atomic mass is 16.5. The van der Waals surface area contributed by atoms with Crippen molar-refractivity contribution >= 4 is 5.97 Å². The summed E-state index contributed by atoms with van der Waals surface area (Å²) in [5, 5.41) is 0. The summed E-state index contributed by atoms with van der Waals surface area (Å²) in [4.78, 5) is 13.6. The van der Waals surface area contributed by atoms with Crippen LogP contribution in [0.5, 0.6) is 0 Å². The SMILES string of the molecule is CN(C)CC(=O)O[C@@H]1C[C@H]2CC[C@]1(C)C2(C)C. The first-order valence-corrected chi connectivity index (χ1v) is 6.61. The van der Waals surface area contributed by atoms with Crippen LogP contribution in [0.25, 0.3) is 0 Å². The number of rotatable bonds is 3. The maximum atomic E-state index is 11.8. The van der Waals surface area contributed by atoms with E-state index >= 15 is 0 Å². The summed E-state index contributed by atoms with van der Waals surface area (Å²) < 4.78 is 5.71. The summed E-state index contributed by atoms with van der Waals surface area (Å²) in [6, 6.07) is 0. The Kier molecular flexibility index (Phi) is 3.01. The number of ether oxygens (including phenoxy) is 1. The molecule has 0 aromatic carbocycles. The van der Waals surface area contributed by atoms with Gasteiger partial charge in [0.15, 0.2) is 0 Å². The highest BCUT2D eigenvalue weighted by Crippen LogP contribution is 2.66. The van der Waals surface area contributed by atoms with Crippen LogP contribution in [0.3, 0.4) is 0 Å². The van der Waals surface area contributed by atoms with Crippen molar-refractivity contribution < 1.29 is 9.53 Å². The van der Waals surface area contributed by atoms with Crippen molar-refractivity contribution in [2.24, 2.45) is 16.7 Å². The zero-order valence-corrected chi connectivity index (χ0v) is 11.7. The van der Waals surface area contributed by atoms with Crippen molar-refractivity contribution in [1.29, 1.82) is 0 Å². The second kappa shape index (κ2) is 3.98. The van der Waals surface area contributed by atoms with E-state index in [1.54, 1.807) is 0 Å². The molecular weight excluding hydrogens is 214 g/mol. The Morgan fingerprint density at radius 3 is 2.41 bits per heavy atom. The minimum atomic E-state index is -0.0791. The molecule has 17 heavy (non-hydrogen) atoms. The summed E-state index contributed by atoms with van der Waals surface area (Å²) in [7, 11) is 3.79. The van der Waals surface area contributed by atoms with Crippen LogP contribution < -0.4 is 0 Å². The third-order valence-corrected chi connectivity index (χ3v) is 5.43. The fourth-order valence-electron chi connectivity index (χ4n) is 3.76. The van der Waals surface area contributed by atoms with E-state index < -0.39 is 0 Å². The fraction of sp³-hybridized carbons (Fsp3) is 0.929. The van der Waals surface area contributed by atoms with Crippen LogP contribution in [0.2, 0.25) is 0 Å². The molecule has 3 heteroatoms. The Labute approximate surface area is 105 Å². The number of carbonyl (C=O) groups excluding carboxylic acids is 1. The first kappa shape index (κ1) is 12.9. The van der Waals surface area contributed by atoms with Crippen molar-refractivity contribution in [2.75, 3.05) is 20.6 Å². The number of carbonyl (C=O) groups is 1. The Morgan fingerprint density at radius 1 is 1.35 bits per heavy atom. The number of hydrogen-bond acceptors (Lipinski definition) is 3. The summed E-state index contributed by atoms with van der Waals surface area (Å²) >= 11 is 0. The van der Waals surface area contributed by atoms with Gasteiger partial charge in [-0.05, 0) is 44.7 Å². The van der Waals surface area contributed by atoms with E-state index in [0.29, 0.717) is 12.0 Å². The molecule has 0 unspecified atom stereocenters. The van der Waals surface area contributed by atoms with Crippen LogP contribution >= 0.6 is 0 Å². The van der Waals surface area contributed by atoms with Gasteiger partial charge in [-0.1, -0.05) is 20.8 Å². The summed E-state index contributed by atoms with van der Waals surface area (Å²) in [5.74, 6) is 0.647. The Bertz CT molecular complexity index is 324. The Morgan fingerprint density at radius 2 is 2.00 bits per heavy atom. The molecule has 0 aromatic rings. The number of likely N-dealkylation sites (N-methyl/N-ethyl adjacent to an activating group) is 1. The van der Waals surface area contributed by atoms with Crippen molar-refractivity contribution in [3.8, 4) is 0 Å². The second-order valence-electron chi connectivity index (χ2n) is 6.83. The molecule has 0 N–H and O–H groups in total. The van der Waals surface area contributed by atoms with E-state index in [0.717, 1.165) is 12.3 Å². The van der Waals surface area contributed by atoms with Crippen LogP contribution in [-0.4, -0.2) is 37.6 Å². The van der Waals surface area contributed by atoms with Crippen molar-refractivity contribution in [2.45, 2.75) is 46.1 Å². The standard InChI is InChI=1S/C14H25NO2/c1-13(2)10-6-7-14(13,3)11(8-10)17-12(16)9-15(4)5/h10-11H,6-9H2,1-5H3/t10-,11-,14+/m1/s1. The second-order valence-corrected chi connectivity index (χ2v) is 6.83. The zero-order chi connectivity index (χ0) is 12.8. The number of esters is 1. The molecule has 0 spiro atoms. The maximum Gasteiger partial charge on any atom is 0.320 e. The summed E-state index contributed by atoms with van der Waals surface area (Å²) in [6.45, 7) is 7.36. The van der Waals surface area contributed by atoms with Crippen molar-refractivity contribution in [3.63, 3.8) is 0 Å². The monoisotopic (exact) mass is 239 g/mol. The van der Waals surface area contributed by atoms with Gasteiger partial charge in [0.05, 0.1) is 6.54 Å². The maximum absolute atomic E-state index is 11.8. The van der Waals surface area contributed by atoms with Gasteiger partial charge in [0.1, 0.15) is 6.10 Å². The van der Waals surface area contributed by atoms with Crippen LogP contribution in [0.4, 0.5) is 0 Å². The molecule has 3 atom stereocenters. The molecule has 2 aliphatic rings. The molecule has 98 valence electrons. The lowest BCUT2D eigenvalue weighted by Gasteiger charge is -2.38. The largest absolute Gasteiger partial charge is 0.461 e. The van der Waals surface area contributed by atoms with Crippen LogP contribution in [0, 0.1) is 16.7 Å². The van der Waals surface area contributed by atoms with Crippen molar-refractivity contribution in [1.82, 2.24) is 4.90 Å². The van der Waals surface area contributed by atoms with Crippen molar-refractivity contribution in [3.05, 3.63) is 0 Å². The summed E-state index contributed by atoms with van der Waals surface area (Å²) in [6.07, 6.45) is 3.68. The molecule has 0 aromatic heterocycles. The van der Waals surface area contributed by atoms with E-state index in [1.165, 1.54) is 12.8 Å². The van der Waals surface area contributed by atoms with Gasteiger partial charge in [0, 0.05) is 5.41 Å². The predicted octanol–water partition coefficient (Wildman–Crippen LogP) is 2.31. The smallest absolute Gasteiger partial charge is 0.320 e. The topological polar surface area (TPSA) is 29.5 Å². The van der Waals surface area contributed by atoms with E-state index in [9.17, 15) is 4.79 Å². The van der Waals surface area contributed by atoms with Gasteiger partial charge in [-0.25, -0.2) is 0 Å². The molecule has 2 bridgehead atoms. The van der Waals surface area contributed by atoms with Gasteiger partial charge in [0.2, 0.25) is 0 Å². The molecule has 2 aliphatic carbocycles. The lowest BCUT2D eigenvalue weighted by atomic mass is 9.70. The van der Waals surface area contributed by atoms with Gasteiger partial charge in [-0.2, -0.15) is 0 Å². The quantitative estimate of drug-likeness (QED) is 0.708.